The van der Waals surface area contributed by atoms with Crippen molar-refractivity contribution in [3.05, 3.63) is 0 Å². The Morgan fingerprint density at radius 1 is 1.39 bits per heavy atom. The van der Waals surface area contributed by atoms with Crippen molar-refractivity contribution < 1.29 is 4.79 Å². The van der Waals surface area contributed by atoms with Gasteiger partial charge in [-0.1, -0.05) is 0 Å². The Bertz CT molecular complexity index is 237. The molecule has 18 heavy (non-hydrogen) atoms. The number of likely N-dealkylation sites (N-methyl/N-ethyl adjacent to an activating group) is 1. The molecule has 3 N–H and O–H groups in total. The summed E-state index contributed by atoms with van der Waals surface area (Å²) in [6, 6.07) is 0. The van der Waals surface area contributed by atoms with Crippen LogP contribution in [0.3, 0.4) is 0 Å². The van der Waals surface area contributed by atoms with E-state index in [1.165, 1.54) is 12.8 Å². The number of carbonyl (C=O) groups is 1. The fraction of sp³-hybridized carbons (Fsp3) is 0.923. The maximum Gasteiger partial charge on any atom is 0.221 e. The standard InChI is InChI=1S/C13H28N4O/c1-16(2)9-10-17-7-4-12(5-8-17)11-15-13(18)3-6-14/h12H,3-11,14H2,1-2H3,(H,15,18). The van der Waals surface area contributed by atoms with Gasteiger partial charge in [0.05, 0.1) is 0 Å². The van der Waals surface area contributed by atoms with Gasteiger partial charge in [-0.2, -0.15) is 0 Å². The van der Waals surface area contributed by atoms with E-state index in [4.69, 9.17) is 5.73 Å². The molecule has 1 rings (SSSR count). The van der Waals surface area contributed by atoms with Gasteiger partial charge in [0.25, 0.3) is 0 Å². The lowest BCUT2D eigenvalue weighted by Crippen LogP contribution is -2.41. The first-order valence-corrected chi connectivity index (χ1v) is 6.95. The molecular formula is C13H28N4O. The SMILES string of the molecule is CN(C)CCN1CCC(CNC(=O)CCN)CC1. The lowest BCUT2D eigenvalue weighted by molar-refractivity contribution is -0.121. The molecule has 0 saturated carbocycles. The number of hydrogen-bond acceptors (Lipinski definition) is 4. The summed E-state index contributed by atoms with van der Waals surface area (Å²) < 4.78 is 0. The number of piperidine rings is 1. The van der Waals surface area contributed by atoms with Gasteiger partial charge in [0, 0.05) is 32.6 Å². The number of amides is 1. The molecule has 0 aromatic carbocycles. The van der Waals surface area contributed by atoms with Gasteiger partial charge in [-0.3, -0.25) is 4.79 Å². The summed E-state index contributed by atoms with van der Waals surface area (Å²) >= 11 is 0. The Hall–Kier alpha value is -0.650. The fourth-order valence-electron chi connectivity index (χ4n) is 2.23. The average Bonchev–Trinajstić information content (AvgIpc) is 2.35. The molecule has 5 heteroatoms. The minimum Gasteiger partial charge on any atom is -0.356 e. The Kier molecular flexibility index (Phi) is 7.23. The van der Waals surface area contributed by atoms with Crippen LogP contribution in [0.4, 0.5) is 0 Å². The van der Waals surface area contributed by atoms with Crippen LogP contribution in [0, 0.1) is 5.92 Å². The quantitative estimate of drug-likeness (QED) is 0.658. The Morgan fingerprint density at radius 3 is 2.61 bits per heavy atom. The molecule has 1 fully saturated rings. The first-order chi connectivity index (χ1) is 8.61. The zero-order chi connectivity index (χ0) is 13.4. The topological polar surface area (TPSA) is 61.6 Å². The number of carbonyl (C=O) groups excluding carboxylic acids is 1. The zero-order valence-corrected chi connectivity index (χ0v) is 11.8. The van der Waals surface area contributed by atoms with Gasteiger partial charge in [0.2, 0.25) is 5.91 Å². The third-order valence-corrected chi connectivity index (χ3v) is 3.53. The molecule has 1 amide bonds. The number of likely N-dealkylation sites (tertiary alicyclic amines) is 1. The number of rotatable bonds is 7. The monoisotopic (exact) mass is 256 g/mol. The molecule has 0 unspecified atom stereocenters. The summed E-state index contributed by atoms with van der Waals surface area (Å²) in [6.07, 6.45) is 2.83. The van der Waals surface area contributed by atoms with Crippen LogP contribution in [0.25, 0.3) is 0 Å². The highest BCUT2D eigenvalue weighted by Crippen LogP contribution is 2.15. The minimum absolute atomic E-state index is 0.0903. The second kappa shape index (κ2) is 8.45. The fourth-order valence-corrected chi connectivity index (χ4v) is 2.23. The van der Waals surface area contributed by atoms with Gasteiger partial charge in [-0.25, -0.2) is 0 Å². The molecular weight excluding hydrogens is 228 g/mol. The first-order valence-electron chi connectivity index (χ1n) is 6.95. The summed E-state index contributed by atoms with van der Waals surface area (Å²) in [6.45, 7) is 5.85. The second-order valence-electron chi connectivity index (χ2n) is 5.43. The first kappa shape index (κ1) is 15.4. The molecule has 1 aliphatic heterocycles. The Labute approximate surface area is 111 Å². The highest BCUT2D eigenvalue weighted by atomic mass is 16.1. The van der Waals surface area contributed by atoms with Crippen molar-refractivity contribution in [2.45, 2.75) is 19.3 Å². The number of nitrogens with two attached hydrogens (primary N) is 1. The molecule has 0 radical (unpaired) electrons. The summed E-state index contributed by atoms with van der Waals surface area (Å²) in [7, 11) is 4.22. The largest absolute Gasteiger partial charge is 0.356 e. The van der Waals surface area contributed by atoms with E-state index in [1.807, 2.05) is 0 Å². The van der Waals surface area contributed by atoms with Gasteiger partial charge in [-0.05, 0) is 45.9 Å². The second-order valence-corrected chi connectivity index (χ2v) is 5.43. The van der Waals surface area contributed by atoms with E-state index in [9.17, 15) is 4.79 Å². The van der Waals surface area contributed by atoms with Gasteiger partial charge in [-0.15, -0.1) is 0 Å². The van der Waals surface area contributed by atoms with Crippen molar-refractivity contribution in [1.29, 1.82) is 0 Å². The van der Waals surface area contributed by atoms with E-state index in [0.717, 1.165) is 32.7 Å². The van der Waals surface area contributed by atoms with Crippen LogP contribution in [0.2, 0.25) is 0 Å². The van der Waals surface area contributed by atoms with Crippen molar-refractivity contribution in [3.63, 3.8) is 0 Å². The average molecular weight is 256 g/mol. The summed E-state index contributed by atoms with van der Waals surface area (Å²) in [5, 5.41) is 2.97. The van der Waals surface area contributed by atoms with Crippen LogP contribution in [0.1, 0.15) is 19.3 Å². The van der Waals surface area contributed by atoms with Gasteiger partial charge < -0.3 is 20.9 Å². The lowest BCUT2D eigenvalue weighted by atomic mass is 9.97. The van der Waals surface area contributed by atoms with Crippen LogP contribution in [-0.4, -0.2) is 69.1 Å². The third-order valence-electron chi connectivity index (χ3n) is 3.53. The molecule has 1 aliphatic rings. The summed E-state index contributed by atoms with van der Waals surface area (Å²) in [4.78, 5) is 16.1. The highest BCUT2D eigenvalue weighted by Gasteiger charge is 2.19. The maximum absolute atomic E-state index is 11.3. The van der Waals surface area contributed by atoms with E-state index in [0.29, 0.717) is 18.9 Å². The van der Waals surface area contributed by atoms with Gasteiger partial charge >= 0.3 is 0 Å². The summed E-state index contributed by atoms with van der Waals surface area (Å²) in [5.74, 6) is 0.731. The van der Waals surface area contributed by atoms with Crippen molar-refractivity contribution >= 4 is 5.91 Å². The van der Waals surface area contributed by atoms with Crippen molar-refractivity contribution in [1.82, 2.24) is 15.1 Å². The van der Waals surface area contributed by atoms with Gasteiger partial charge in [0.1, 0.15) is 0 Å². The van der Waals surface area contributed by atoms with Crippen LogP contribution in [0.15, 0.2) is 0 Å². The Balaban J connectivity index is 2.09. The van der Waals surface area contributed by atoms with E-state index in [1.54, 1.807) is 0 Å². The molecule has 0 atom stereocenters. The summed E-state index contributed by atoms with van der Waals surface area (Å²) in [5.41, 5.74) is 5.34. The van der Waals surface area contributed by atoms with E-state index in [2.05, 4.69) is 29.2 Å². The molecule has 106 valence electrons. The van der Waals surface area contributed by atoms with E-state index < -0.39 is 0 Å². The smallest absolute Gasteiger partial charge is 0.221 e. The number of nitrogens with zero attached hydrogens (tertiary/aromatic N) is 2. The Morgan fingerprint density at radius 2 is 2.06 bits per heavy atom. The molecule has 0 spiro atoms. The molecule has 1 saturated heterocycles. The number of nitrogens with one attached hydrogen (secondary N) is 1. The zero-order valence-electron chi connectivity index (χ0n) is 11.8. The predicted octanol–water partition coefficient (Wildman–Crippen LogP) is -0.275. The molecule has 0 bridgehead atoms. The normalized spacial score (nSPS) is 18.2. The van der Waals surface area contributed by atoms with Crippen molar-refractivity contribution in [2.24, 2.45) is 11.7 Å². The van der Waals surface area contributed by atoms with Crippen molar-refractivity contribution in [3.8, 4) is 0 Å². The van der Waals surface area contributed by atoms with Crippen LogP contribution in [-0.2, 0) is 4.79 Å². The van der Waals surface area contributed by atoms with Crippen molar-refractivity contribution in [2.75, 3.05) is 53.4 Å². The maximum atomic E-state index is 11.3. The molecule has 5 nitrogen and oxygen atoms in total. The molecule has 0 aliphatic carbocycles. The lowest BCUT2D eigenvalue weighted by Gasteiger charge is -2.32. The van der Waals surface area contributed by atoms with E-state index >= 15 is 0 Å². The molecule has 0 aromatic rings. The highest BCUT2D eigenvalue weighted by molar-refractivity contribution is 5.75. The molecule has 1 heterocycles. The predicted molar refractivity (Wildman–Crippen MR) is 74.4 cm³/mol. The van der Waals surface area contributed by atoms with Crippen LogP contribution >= 0.6 is 0 Å². The third kappa shape index (κ3) is 6.33. The van der Waals surface area contributed by atoms with Crippen LogP contribution in [0.5, 0.6) is 0 Å². The van der Waals surface area contributed by atoms with E-state index in [-0.39, 0.29) is 5.91 Å². The molecule has 0 aromatic heterocycles. The van der Waals surface area contributed by atoms with Gasteiger partial charge in [0.15, 0.2) is 0 Å². The minimum atomic E-state index is 0.0903. The number of hydrogen-bond donors (Lipinski definition) is 2. The van der Waals surface area contributed by atoms with Crippen LogP contribution < -0.4 is 11.1 Å².